The van der Waals surface area contributed by atoms with E-state index in [2.05, 4.69) is 10.5 Å². The van der Waals surface area contributed by atoms with Crippen molar-refractivity contribution >= 4 is 11.8 Å². The standard InChI is InChI=1S/C17H16N2O3/c1-10-4-6-13(7-5-10)15-9-16(22-19-15)18-17(20)14-8-11(2)21-12(14)3/h4-9H,1-3H3,(H,18,20). The number of carbonyl (C=O) groups is 1. The number of furan rings is 1. The molecule has 3 rings (SSSR count). The molecule has 0 fully saturated rings. The topological polar surface area (TPSA) is 68.3 Å². The van der Waals surface area contributed by atoms with E-state index < -0.39 is 0 Å². The van der Waals surface area contributed by atoms with Crippen LogP contribution in [0, 0.1) is 20.8 Å². The second kappa shape index (κ2) is 5.52. The van der Waals surface area contributed by atoms with Crippen molar-refractivity contribution in [1.82, 2.24) is 5.16 Å². The number of carbonyl (C=O) groups excluding carboxylic acids is 1. The van der Waals surface area contributed by atoms with E-state index in [1.807, 2.05) is 31.2 Å². The molecule has 112 valence electrons. The molecule has 5 nitrogen and oxygen atoms in total. The Morgan fingerprint density at radius 1 is 1.09 bits per heavy atom. The average molecular weight is 296 g/mol. The molecule has 0 aliphatic carbocycles. The van der Waals surface area contributed by atoms with Gasteiger partial charge < -0.3 is 8.94 Å². The first-order valence-corrected chi connectivity index (χ1v) is 6.95. The maximum atomic E-state index is 12.2. The second-order valence-electron chi connectivity index (χ2n) is 5.22. The van der Waals surface area contributed by atoms with Crippen LogP contribution in [0.3, 0.4) is 0 Å². The number of aryl methyl sites for hydroxylation is 3. The number of amides is 1. The van der Waals surface area contributed by atoms with Crippen LogP contribution in [0.5, 0.6) is 0 Å². The van der Waals surface area contributed by atoms with E-state index in [0.29, 0.717) is 28.7 Å². The molecular weight excluding hydrogens is 280 g/mol. The molecule has 5 heteroatoms. The van der Waals surface area contributed by atoms with Crippen LogP contribution in [-0.2, 0) is 0 Å². The van der Waals surface area contributed by atoms with Crippen LogP contribution in [0.2, 0.25) is 0 Å². The molecule has 0 saturated heterocycles. The van der Waals surface area contributed by atoms with Crippen LogP contribution in [-0.4, -0.2) is 11.1 Å². The van der Waals surface area contributed by atoms with Gasteiger partial charge in [0.15, 0.2) is 0 Å². The monoisotopic (exact) mass is 296 g/mol. The minimum atomic E-state index is -0.277. The maximum absolute atomic E-state index is 12.2. The summed E-state index contributed by atoms with van der Waals surface area (Å²) >= 11 is 0. The summed E-state index contributed by atoms with van der Waals surface area (Å²) in [6.45, 7) is 5.57. The SMILES string of the molecule is Cc1ccc(-c2cc(NC(=O)c3cc(C)oc3C)on2)cc1. The van der Waals surface area contributed by atoms with Crippen molar-refractivity contribution in [1.29, 1.82) is 0 Å². The molecule has 0 atom stereocenters. The Labute approximate surface area is 127 Å². The Morgan fingerprint density at radius 2 is 1.82 bits per heavy atom. The van der Waals surface area contributed by atoms with E-state index >= 15 is 0 Å². The predicted molar refractivity (Wildman–Crippen MR) is 82.8 cm³/mol. The Bertz CT molecular complexity index is 813. The molecule has 1 amide bonds. The molecule has 0 unspecified atom stereocenters. The molecule has 2 heterocycles. The number of hydrogen-bond donors (Lipinski definition) is 1. The van der Waals surface area contributed by atoms with Gasteiger partial charge in [0.2, 0.25) is 5.88 Å². The zero-order chi connectivity index (χ0) is 15.7. The fraction of sp³-hybridized carbons (Fsp3) is 0.176. The first-order valence-electron chi connectivity index (χ1n) is 6.95. The van der Waals surface area contributed by atoms with Gasteiger partial charge >= 0.3 is 0 Å². The lowest BCUT2D eigenvalue weighted by Crippen LogP contribution is -2.11. The fourth-order valence-corrected chi connectivity index (χ4v) is 2.23. The molecule has 0 radical (unpaired) electrons. The number of benzene rings is 1. The van der Waals surface area contributed by atoms with E-state index in [-0.39, 0.29) is 5.91 Å². The van der Waals surface area contributed by atoms with Crippen molar-refractivity contribution < 1.29 is 13.7 Å². The van der Waals surface area contributed by atoms with Crippen molar-refractivity contribution in [3.63, 3.8) is 0 Å². The van der Waals surface area contributed by atoms with Crippen LogP contribution in [0.15, 0.2) is 45.3 Å². The van der Waals surface area contributed by atoms with Gasteiger partial charge in [-0.05, 0) is 26.8 Å². The third-order valence-electron chi connectivity index (χ3n) is 3.38. The van der Waals surface area contributed by atoms with E-state index in [4.69, 9.17) is 8.94 Å². The highest BCUT2D eigenvalue weighted by Gasteiger charge is 2.16. The van der Waals surface area contributed by atoms with Crippen LogP contribution in [0.1, 0.15) is 27.4 Å². The van der Waals surface area contributed by atoms with Crippen LogP contribution >= 0.6 is 0 Å². The summed E-state index contributed by atoms with van der Waals surface area (Å²) in [7, 11) is 0. The Morgan fingerprint density at radius 3 is 2.45 bits per heavy atom. The molecule has 0 saturated carbocycles. The molecule has 0 spiro atoms. The molecule has 2 aromatic heterocycles. The summed E-state index contributed by atoms with van der Waals surface area (Å²) in [5.74, 6) is 1.30. The molecule has 0 aliphatic heterocycles. The maximum Gasteiger partial charge on any atom is 0.261 e. The Balaban J connectivity index is 1.78. The van der Waals surface area contributed by atoms with Crippen molar-refractivity contribution in [3.05, 3.63) is 59.0 Å². The van der Waals surface area contributed by atoms with Crippen molar-refractivity contribution in [2.24, 2.45) is 0 Å². The number of rotatable bonds is 3. The highest BCUT2D eigenvalue weighted by molar-refractivity contribution is 6.04. The van der Waals surface area contributed by atoms with Gasteiger partial charge in [0.25, 0.3) is 5.91 Å². The summed E-state index contributed by atoms with van der Waals surface area (Å²) in [6.07, 6.45) is 0. The lowest BCUT2D eigenvalue weighted by atomic mass is 10.1. The minimum Gasteiger partial charge on any atom is -0.466 e. The van der Waals surface area contributed by atoms with Crippen LogP contribution in [0.4, 0.5) is 5.88 Å². The lowest BCUT2D eigenvalue weighted by molar-refractivity contribution is 0.102. The third-order valence-corrected chi connectivity index (χ3v) is 3.38. The number of nitrogens with one attached hydrogen (secondary N) is 1. The van der Waals surface area contributed by atoms with Crippen molar-refractivity contribution in [2.75, 3.05) is 5.32 Å². The van der Waals surface area contributed by atoms with E-state index in [9.17, 15) is 4.79 Å². The quantitative estimate of drug-likeness (QED) is 0.789. The molecule has 22 heavy (non-hydrogen) atoms. The Kier molecular flexibility index (Phi) is 3.55. The Hall–Kier alpha value is -2.82. The highest BCUT2D eigenvalue weighted by atomic mass is 16.5. The van der Waals surface area contributed by atoms with Gasteiger partial charge in [0, 0.05) is 11.6 Å². The second-order valence-corrected chi connectivity index (χ2v) is 5.22. The lowest BCUT2D eigenvalue weighted by Gasteiger charge is -1.98. The van der Waals surface area contributed by atoms with Gasteiger partial charge in [-0.1, -0.05) is 35.0 Å². The van der Waals surface area contributed by atoms with Crippen molar-refractivity contribution in [3.8, 4) is 11.3 Å². The molecular formula is C17H16N2O3. The molecule has 1 aromatic carbocycles. The smallest absolute Gasteiger partial charge is 0.261 e. The van der Waals surface area contributed by atoms with Crippen molar-refractivity contribution in [2.45, 2.75) is 20.8 Å². The fourth-order valence-electron chi connectivity index (χ4n) is 2.23. The molecule has 3 aromatic rings. The summed E-state index contributed by atoms with van der Waals surface area (Å²) in [5, 5.41) is 6.66. The van der Waals surface area contributed by atoms with Crippen LogP contribution in [0.25, 0.3) is 11.3 Å². The average Bonchev–Trinajstić information content (AvgIpc) is 3.06. The third kappa shape index (κ3) is 2.79. The summed E-state index contributed by atoms with van der Waals surface area (Å²) < 4.78 is 10.5. The largest absolute Gasteiger partial charge is 0.466 e. The molecule has 0 aliphatic rings. The van der Waals surface area contributed by atoms with E-state index in [0.717, 1.165) is 5.56 Å². The summed E-state index contributed by atoms with van der Waals surface area (Å²) in [6, 6.07) is 11.3. The van der Waals surface area contributed by atoms with Gasteiger partial charge in [0.1, 0.15) is 17.2 Å². The van der Waals surface area contributed by atoms with Gasteiger partial charge in [-0.3, -0.25) is 10.1 Å². The number of nitrogens with zero attached hydrogens (tertiary/aromatic N) is 1. The summed E-state index contributed by atoms with van der Waals surface area (Å²) in [4.78, 5) is 12.2. The number of hydrogen-bond acceptors (Lipinski definition) is 4. The van der Waals surface area contributed by atoms with Gasteiger partial charge in [-0.15, -0.1) is 0 Å². The molecule has 1 N–H and O–H groups in total. The van der Waals surface area contributed by atoms with Crippen LogP contribution < -0.4 is 5.32 Å². The first kappa shape index (κ1) is 14.1. The molecule has 0 bridgehead atoms. The predicted octanol–water partition coefficient (Wildman–Crippen LogP) is 4.11. The normalized spacial score (nSPS) is 10.7. The van der Waals surface area contributed by atoms with E-state index in [1.165, 1.54) is 5.56 Å². The zero-order valence-corrected chi connectivity index (χ0v) is 12.6. The minimum absolute atomic E-state index is 0.277. The van der Waals surface area contributed by atoms with E-state index in [1.54, 1.807) is 26.0 Å². The zero-order valence-electron chi connectivity index (χ0n) is 12.6. The van der Waals surface area contributed by atoms with Gasteiger partial charge in [0.05, 0.1) is 5.56 Å². The van der Waals surface area contributed by atoms with Gasteiger partial charge in [-0.25, -0.2) is 0 Å². The summed E-state index contributed by atoms with van der Waals surface area (Å²) in [5.41, 5.74) is 3.28. The number of aromatic nitrogens is 1. The highest BCUT2D eigenvalue weighted by Crippen LogP contribution is 2.23. The number of anilines is 1. The van der Waals surface area contributed by atoms with Gasteiger partial charge in [-0.2, -0.15) is 0 Å². The first-order chi connectivity index (χ1) is 10.5.